The first kappa shape index (κ1) is 10.4. The van der Waals surface area contributed by atoms with Crippen molar-refractivity contribution in [3.63, 3.8) is 0 Å². The maximum atomic E-state index is 11.2. The van der Waals surface area contributed by atoms with E-state index in [1.807, 2.05) is 0 Å². The first-order valence-corrected chi connectivity index (χ1v) is 5.02. The molecule has 5 nitrogen and oxygen atoms in total. The third-order valence-corrected chi connectivity index (χ3v) is 3.50. The highest BCUT2D eigenvalue weighted by Crippen LogP contribution is 2.39. The van der Waals surface area contributed by atoms with Crippen LogP contribution in [0.5, 0.6) is 0 Å². The smallest absolute Gasteiger partial charge is 0.339 e. The molecule has 2 rings (SSSR count). The molecule has 0 spiro atoms. The largest absolute Gasteiger partial charge is 0.457 e. The van der Waals surface area contributed by atoms with E-state index < -0.39 is 10.9 Å². The SMILES string of the molecule is O=C1OCc2c1cc([N+](=O)[O-])c(Br)c2Cl. The fourth-order valence-corrected chi connectivity index (χ4v) is 2.07. The highest BCUT2D eigenvalue weighted by Gasteiger charge is 2.30. The number of hydrogen-bond acceptors (Lipinski definition) is 4. The summed E-state index contributed by atoms with van der Waals surface area (Å²) in [5.74, 6) is -0.581. The van der Waals surface area contributed by atoms with Gasteiger partial charge in [0.15, 0.2) is 0 Å². The van der Waals surface area contributed by atoms with Crippen LogP contribution in [0.15, 0.2) is 10.5 Å². The van der Waals surface area contributed by atoms with Crippen LogP contribution in [0.3, 0.4) is 0 Å². The molecule has 0 amide bonds. The Morgan fingerprint density at radius 2 is 2.27 bits per heavy atom. The average molecular weight is 292 g/mol. The van der Waals surface area contributed by atoms with Crippen LogP contribution >= 0.6 is 27.5 Å². The second-order valence-corrected chi connectivity index (χ2v) is 4.05. The molecular formula is C8H3BrClNO4. The molecule has 0 aromatic heterocycles. The number of cyclic esters (lactones) is 1. The number of benzene rings is 1. The Morgan fingerprint density at radius 3 is 2.87 bits per heavy atom. The van der Waals surface area contributed by atoms with Crippen LogP contribution in [0.1, 0.15) is 15.9 Å². The number of nitrogens with zero attached hydrogens (tertiary/aromatic N) is 1. The number of carbonyl (C=O) groups is 1. The fourth-order valence-electron chi connectivity index (χ4n) is 1.32. The number of halogens is 2. The summed E-state index contributed by atoms with van der Waals surface area (Å²) in [7, 11) is 0. The van der Waals surface area contributed by atoms with E-state index in [0.717, 1.165) is 0 Å². The molecule has 1 aromatic rings. The van der Waals surface area contributed by atoms with Crippen LogP contribution in [0.25, 0.3) is 0 Å². The molecule has 78 valence electrons. The van der Waals surface area contributed by atoms with Crippen molar-refractivity contribution < 1.29 is 14.5 Å². The number of carbonyl (C=O) groups excluding carboxylic acids is 1. The van der Waals surface area contributed by atoms with Gasteiger partial charge in [0.25, 0.3) is 5.69 Å². The van der Waals surface area contributed by atoms with Gasteiger partial charge in [0.2, 0.25) is 0 Å². The van der Waals surface area contributed by atoms with Gasteiger partial charge in [-0.15, -0.1) is 0 Å². The van der Waals surface area contributed by atoms with Crippen LogP contribution < -0.4 is 0 Å². The molecule has 0 aliphatic carbocycles. The van der Waals surface area contributed by atoms with E-state index in [2.05, 4.69) is 15.9 Å². The Kier molecular flexibility index (Phi) is 2.40. The Labute approximate surface area is 97.3 Å². The van der Waals surface area contributed by atoms with E-state index in [1.54, 1.807) is 0 Å². The second-order valence-electron chi connectivity index (χ2n) is 2.88. The lowest BCUT2D eigenvalue weighted by Gasteiger charge is -2.01. The predicted octanol–water partition coefficient (Wildman–Crippen LogP) is 2.68. The van der Waals surface area contributed by atoms with Gasteiger partial charge in [-0.25, -0.2) is 4.79 Å². The van der Waals surface area contributed by atoms with Crippen LogP contribution in [0.2, 0.25) is 5.02 Å². The van der Waals surface area contributed by atoms with E-state index in [9.17, 15) is 14.9 Å². The van der Waals surface area contributed by atoms with E-state index >= 15 is 0 Å². The van der Waals surface area contributed by atoms with Crippen molar-refractivity contribution in [1.29, 1.82) is 0 Å². The third-order valence-electron chi connectivity index (χ3n) is 2.05. The minimum absolute atomic E-state index is 0.0591. The third kappa shape index (κ3) is 1.49. The normalized spacial score (nSPS) is 13.6. The molecular weight excluding hydrogens is 289 g/mol. The first-order chi connectivity index (χ1) is 7.02. The van der Waals surface area contributed by atoms with Crippen LogP contribution in [0, 0.1) is 10.1 Å². The second kappa shape index (κ2) is 3.46. The zero-order chi connectivity index (χ0) is 11.2. The summed E-state index contributed by atoms with van der Waals surface area (Å²) in [4.78, 5) is 21.2. The standard InChI is InChI=1S/C8H3BrClNO4/c9-6-5(11(13)14)1-3-4(7(6)10)2-15-8(3)12/h1H,2H2. The van der Waals surface area contributed by atoms with Gasteiger partial charge in [0, 0.05) is 11.6 Å². The van der Waals surface area contributed by atoms with Crippen molar-refractivity contribution in [1.82, 2.24) is 0 Å². The molecule has 1 aromatic carbocycles. The molecule has 15 heavy (non-hydrogen) atoms. The predicted molar refractivity (Wildman–Crippen MR) is 54.9 cm³/mol. The van der Waals surface area contributed by atoms with Gasteiger partial charge in [-0.1, -0.05) is 11.6 Å². The molecule has 0 unspecified atom stereocenters. The Balaban J connectivity index is 2.74. The van der Waals surface area contributed by atoms with E-state index in [0.29, 0.717) is 5.56 Å². The zero-order valence-corrected chi connectivity index (χ0v) is 9.46. The average Bonchev–Trinajstić information content (AvgIpc) is 2.53. The lowest BCUT2D eigenvalue weighted by Crippen LogP contribution is -1.97. The number of nitro groups is 1. The molecule has 0 radical (unpaired) electrons. The molecule has 0 fully saturated rings. The molecule has 0 saturated carbocycles. The molecule has 0 atom stereocenters. The monoisotopic (exact) mass is 291 g/mol. The van der Waals surface area contributed by atoms with Crippen molar-refractivity contribution in [2.75, 3.05) is 0 Å². The zero-order valence-electron chi connectivity index (χ0n) is 7.12. The van der Waals surface area contributed by atoms with E-state index in [4.69, 9.17) is 16.3 Å². The van der Waals surface area contributed by atoms with E-state index in [1.165, 1.54) is 6.07 Å². The van der Waals surface area contributed by atoms with Crippen LogP contribution in [-0.4, -0.2) is 10.9 Å². The Hall–Kier alpha value is -1.14. The van der Waals surface area contributed by atoms with Crippen LogP contribution in [-0.2, 0) is 11.3 Å². The first-order valence-electron chi connectivity index (χ1n) is 3.84. The van der Waals surface area contributed by atoms with Gasteiger partial charge in [0.05, 0.1) is 15.5 Å². The summed E-state index contributed by atoms with van der Waals surface area (Å²) in [6.45, 7) is 0.0591. The maximum absolute atomic E-state index is 11.2. The van der Waals surface area contributed by atoms with Gasteiger partial charge in [0.1, 0.15) is 11.1 Å². The number of rotatable bonds is 1. The van der Waals surface area contributed by atoms with Crippen molar-refractivity contribution in [2.45, 2.75) is 6.61 Å². The van der Waals surface area contributed by atoms with Crippen molar-refractivity contribution in [3.05, 3.63) is 36.8 Å². The number of fused-ring (bicyclic) bond motifs is 1. The lowest BCUT2D eigenvalue weighted by molar-refractivity contribution is -0.385. The number of ether oxygens (including phenoxy) is 1. The summed E-state index contributed by atoms with van der Waals surface area (Å²) < 4.78 is 4.90. The molecule has 1 heterocycles. The fraction of sp³-hybridized carbons (Fsp3) is 0.125. The number of nitro benzene ring substituents is 1. The quantitative estimate of drug-likeness (QED) is 0.453. The molecule has 0 N–H and O–H groups in total. The molecule has 1 aliphatic rings. The summed E-state index contributed by atoms with van der Waals surface area (Å²) in [6, 6.07) is 1.17. The van der Waals surface area contributed by atoms with Gasteiger partial charge in [-0.05, 0) is 15.9 Å². The summed E-state index contributed by atoms with van der Waals surface area (Å²) in [6.07, 6.45) is 0. The minimum atomic E-state index is -0.609. The van der Waals surface area contributed by atoms with Gasteiger partial charge in [-0.3, -0.25) is 10.1 Å². The highest BCUT2D eigenvalue weighted by molar-refractivity contribution is 9.10. The summed E-state index contributed by atoms with van der Waals surface area (Å²) >= 11 is 8.88. The van der Waals surface area contributed by atoms with Gasteiger partial charge in [-0.2, -0.15) is 0 Å². The van der Waals surface area contributed by atoms with Gasteiger partial charge < -0.3 is 4.74 Å². The number of hydrogen-bond donors (Lipinski definition) is 0. The van der Waals surface area contributed by atoms with Crippen molar-refractivity contribution >= 4 is 39.2 Å². The maximum Gasteiger partial charge on any atom is 0.339 e. The van der Waals surface area contributed by atoms with Crippen molar-refractivity contribution in [3.8, 4) is 0 Å². The van der Waals surface area contributed by atoms with E-state index in [-0.39, 0.29) is 27.4 Å². The van der Waals surface area contributed by atoms with Crippen LogP contribution in [0.4, 0.5) is 5.69 Å². The topological polar surface area (TPSA) is 69.4 Å². The highest BCUT2D eigenvalue weighted by atomic mass is 79.9. The molecule has 0 bridgehead atoms. The minimum Gasteiger partial charge on any atom is -0.457 e. The summed E-state index contributed by atoms with van der Waals surface area (Å²) in [5.41, 5.74) is 0.409. The lowest BCUT2D eigenvalue weighted by atomic mass is 10.1. The molecule has 1 aliphatic heterocycles. The van der Waals surface area contributed by atoms with Crippen molar-refractivity contribution in [2.24, 2.45) is 0 Å². The number of esters is 1. The molecule has 0 saturated heterocycles. The van der Waals surface area contributed by atoms with Gasteiger partial charge >= 0.3 is 5.97 Å². The Morgan fingerprint density at radius 1 is 1.60 bits per heavy atom. The summed E-state index contributed by atoms with van der Waals surface area (Å²) in [5, 5.41) is 10.8. The molecule has 7 heteroatoms. The Bertz CT molecular complexity index is 487.